The molecule has 15 aromatic rings. The van der Waals surface area contributed by atoms with Crippen LogP contribution in [-0.2, 0) is 0 Å². The molecule has 0 aliphatic carbocycles. The van der Waals surface area contributed by atoms with Gasteiger partial charge in [-0.2, -0.15) is 0 Å². The molecule has 0 N–H and O–H groups in total. The highest BCUT2D eigenvalue weighted by atomic mass is 16.2. The molecule has 4 aromatic heterocycles. The number of para-hydroxylation sites is 8. The first kappa shape index (κ1) is 45.9. The van der Waals surface area contributed by atoms with Crippen LogP contribution in [0.15, 0.2) is 231 Å². The van der Waals surface area contributed by atoms with Crippen LogP contribution in [0.3, 0.4) is 0 Å². The van der Waals surface area contributed by atoms with Crippen LogP contribution in [0.4, 0.5) is 11.4 Å². The molecule has 0 unspecified atom stereocenters. The van der Waals surface area contributed by atoms with Crippen LogP contribution in [0.25, 0.3) is 110 Å². The van der Waals surface area contributed by atoms with E-state index in [2.05, 4.69) is 66.8 Å². The lowest BCUT2D eigenvalue weighted by molar-refractivity contribution is 0.0909. The summed E-state index contributed by atoms with van der Waals surface area (Å²) in [4.78, 5) is 66.3. The van der Waals surface area contributed by atoms with E-state index in [1.54, 1.807) is 12.1 Å². The molecule has 17 rings (SSSR count). The highest BCUT2D eigenvalue weighted by Crippen LogP contribution is 2.47. The van der Waals surface area contributed by atoms with Gasteiger partial charge in [0.25, 0.3) is 23.6 Å². The number of hydrogen-bond acceptors (Lipinski definition) is 4. The smallest absolute Gasteiger partial charge is 0.268 e. The summed E-state index contributed by atoms with van der Waals surface area (Å²) in [6.07, 6.45) is 0. The van der Waals surface area contributed by atoms with Crippen molar-refractivity contribution in [2.24, 2.45) is 0 Å². The maximum absolute atomic E-state index is 15.9. The zero-order chi connectivity index (χ0) is 54.8. The van der Waals surface area contributed by atoms with E-state index >= 15 is 19.2 Å². The molecule has 11 aromatic carbocycles. The summed E-state index contributed by atoms with van der Waals surface area (Å²) in [5.41, 5.74) is 12.3. The van der Waals surface area contributed by atoms with E-state index in [-0.39, 0.29) is 22.3 Å². The number of nitrogens with zero attached hydrogens (tertiary/aromatic N) is 6. The van der Waals surface area contributed by atoms with E-state index in [4.69, 9.17) is 0 Å². The summed E-state index contributed by atoms with van der Waals surface area (Å²) in [7, 11) is 0. The SMILES string of the molecule is Cc1cc(N2C(=O)c3c(-n4c5ccccc5c5ccccc54)ccc(-n4c5ccccc5c5ccccc54)c3C2=O)c(C)cc1N1C(=O)c2c(-n3c4ccccc4c4ccccc43)ccc(-n3c4ccccc4c4ccccc43)c2C1=O. The molecule has 0 saturated heterocycles. The molecular weight excluding hydrogens is 1010 g/mol. The monoisotopic (exact) mass is 1060 g/mol. The van der Waals surface area contributed by atoms with E-state index in [1.165, 1.54) is 9.80 Å². The quantitative estimate of drug-likeness (QED) is 0.155. The predicted molar refractivity (Wildman–Crippen MR) is 328 cm³/mol. The minimum absolute atomic E-state index is 0.271. The minimum Gasteiger partial charge on any atom is -0.308 e. The minimum atomic E-state index is -0.484. The third-order valence-electron chi connectivity index (χ3n) is 17.3. The van der Waals surface area contributed by atoms with Crippen LogP contribution < -0.4 is 9.80 Å². The van der Waals surface area contributed by atoms with Crippen LogP contribution in [0.2, 0.25) is 0 Å². The lowest BCUT2D eigenvalue weighted by atomic mass is 10.0. The van der Waals surface area contributed by atoms with Crippen molar-refractivity contribution in [3.63, 3.8) is 0 Å². The van der Waals surface area contributed by atoms with Gasteiger partial charge in [-0.1, -0.05) is 146 Å². The van der Waals surface area contributed by atoms with E-state index in [0.717, 1.165) is 87.2 Å². The molecule has 386 valence electrons. The number of benzene rings is 11. The fourth-order valence-corrected chi connectivity index (χ4v) is 13.8. The van der Waals surface area contributed by atoms with Crippen LogP contribution in [0, 0.1) is 13.8 Å². The van der Waals surface area contributed by atoms with Crippen LogP contribution in [0.5, 0.6) is 0 Å². The highest BCUT2D eigenvalue weighted by molar-refractivity contribution is 6.39. The van der Waals surface area contributed by atoms with Gasteiger partial charge in [0.2, 0.25) is 0 Å². The number of carbonyl (C=O) groups is 4. The second-order valence-corrected chi connectivity index (χ2v) is 21.5. The predicted octanol–water partition coefficient (Wildman–Crippen LogP) is 16.3. The number of rotatable bonds is 6. The Kier molecular flexibility index (Phi) is 9.35. The first-order valence-corrected chi connectivity index (χ1v) is 27.4. The molecule has 4 amide bonds. The highest BCUT2D eigenvalue weighted by Gasteiger charge is 2.46. The van der Waals surface area contributed by atoms with Crippen molar-refractivity contribution in [3.05, 3.63) is 264 Å². The number of anilines is 2. The molecule has 0 bridgehead atoms. The van der Waals surface area contributed by atoms with Gasteiger partial charge in [-0.25, -0.2) is 9.80 Å². The number of fused-ring (bicyclic) bond motifs is 14. The number of aryl methyl sites for hydroxylation is 2. The fraction of sp³-hybridized carbons (Fsp3) is 0.0278. The number of hydrogen-bond donors (Lipinski definition) is 0. The zero-order valence-corrected chi connectivity index (χ0v) is 44.3. The Labute approximate surface area is 467 Å². The normalized spacial score (nSPS) is 13.5. The summed E-state index contributed by atoms with van der Waals surface area (Å²) in [5, 5.41) is 8.16. The number of imide groups is 2. The van der Waals surface area contributed by atoms with Crippen molar-refractivity contribution in [3.8, 4) is 22.7 Å². The molecule has 0 spiro atoms. The second kappa shape index (κ2) is 16.7. The largest absolute Gasteiger partial charge is 0.308 e. The third-order valence-corrected chi connectivity index (χ3v) is 17.3. The van der Waals surface area contributed by atoms with Gasteiger partial charge in [-0.15, -0.1) is 0 Å². The van der Waals surface area contributed by atoms with Crippen molar-refractivity contribution in [1.29, 1.82) is 0 Å². The van der Waals surface area contributed by atoms with Crippen molar-refractivity contribution >= 4 is 122 Å². The Hall–Kier alpha value is -11.1. The van der Waals surface area contributed by atoms with Crippen LogP contribution >= 0.6 is 0 Å². The van der Waals surface area contributed by atoms with Gasteiger partial charge < -0.3 is 18.3 Å². The Bertz CT molecular complexity index is 4580. The molecule has 0 fully saturated rings. The summed E-state index contributed by atoms with van der Waals surface area (Å²) in [5.74, 6) is -1.94. The fourth-order valence-electron chi connectivity index (χ4n) is 13.8. The van der Waals surface area contributed by atoms with Gasteiger partial charge in [-0.05, 0) is 110 Å². The lowest BCUT2D eigenvalue weighted by Crippen LogP contribution is -2.32. The molecule has 2 aliphatic heterocycles. The molecule has 0 atom stereocenters. The average Bonchev–Trinajstić information content (AvgIpc) is 3.93. The first-order valence-electron chi connectivity index (χ1n) is 27.4. The maximum Gasteiger partial charge on any atom is 0.268 e. The van der Waals surface area contributed by atoms with E-state index in [0.29, 0.717) is 45.3 Å². The lowest BCUT2D eigenvalue weighted by Gasteiger charge is -2.23. The van der Waals surface area contributed by atoms with Gasteiger partial charge in [-0.3, -0.25) is 19.2 Å². The van der Waals surface area contributed by atoms with E-state index in [9.17, 15) is 0 Å². The van der Waals surface area contributed by atoms with Gasteiger partial charge >= 0.3 is 0 Å². The third kappa shape index (κ3) is 5.96. The maximum atomic E-state index is 15.9. The molecular formula is C72H44N6O4. The molecule has 2 aliphatic rings. The zero-order valence-electron chi connectivity index (χ0n) is 44.3. The molecule has 10 nitrogen and oxygen atoms in total. The summed E-state index contributed by atoms with van der Waals surface area (Å²) < 4.78 is 8.38. The molecule has 10 heteroatoms. The van der Waals surface area contributed by atoms with Crippen LogP contribution in [0.1, 0.15) is 52.6 Å². The molecule has 82 heavy (non-hydrogen) atoms. The van der Waals surface area contributed by atoms with Gasteiger partial charge in [0.05, 0.1) is 101 Å². The van der Waals surface area contributed by atoms with E-state index in [1.807, 2.05) is 184 Å². The summed E-state index contributed by atoms with van der Waals surface area (Å²) >= 11 is 0. The van der Waals surface area contributed by atoms with Crippen LogP contribution in [-0.4, -0.2) is 41.9 Å². The molecule has 0 saturated carbocycles. The van der Waals surface area contributed by atoms with Gasteiger partial charge in [0.15, 0.2) is 0 Å². The number of amides is 4. The Balaban J connectivity index is 0.860. The van der Waals surface area contributed by atoms with Crippen molar-refractivity contribution in [1.82, 2.24) is 18.3 Å². The summed E-state index contributed by atoms with van der Waals surface area (Å²) in [6, 6.07) is 76.4. The first-order chi connectivity index (χ1) is 40.3. The topological polar surface area (TPSA) is 94.5 Å². The summed E-state index contributed by atoms with van der Waals surface area (Å²) in [6.45, 7) is 3.66. The number of carbonyl (C=O) groups excluding carboxylic acids is 4. The van der Waals surface area contributed by atoms with Gasteiger partial charge in [0, 0.05) is 43.1 Å². The molecule has 6 heterocycles. The molecule has 0 radical (unpaired) electrons. The Morgan fingerprint density at radius 2 is 0.390 bits per heavy atom. The van der Waals surface area contributed by atoms with E-state index < -0.39 is 23.6 Å². The second-order valence-electron chi connectivity index (χ2n) is 21.5. The standard InChI is InChI=1S/C72H44N6O4/c1-41-39-64(78-71(81)67-61(75-55-31-15-7-23-47(55)48-24-8-16-32-56(48)75)37-38-62(68(67)72(78)82)76-57-33-17-9-25-49(57)50-26-10-18-34-58(50)76)42(2)40-63(41)77-69(79)65-59(73-51-27-11-3-19-43(51)44-20-4-12-28-52(44)73)35-36-60(66(65)70(77)80)74-53-29-13-5-21-45(53)46-22-6-14-30-54(46)74/h3-40H,1-2H3. The van der Waals surface area contributed by atoms with Crippen molar-refractivity contribution in [2.45, 2.75) is 13.8 Å². The Morgan fingerprint density at radius 3 is 0.573 bits per heavy atom. The van der Waals surface area contributed by atoms with Crippen molar-refractivity contribution in [2.75, 3.05) is 9.80 Å². The number of aromatic nitrogens is 4. The average molecular weight is 1060 g/mol. The van der Waals surface area contributed by atoms with Crippen molar-refractivity contribution < 1.29 is 19.2 Å². The Morgan fingerprint density at radius 1 is 0.220 bits per heavy atom. The van der Waals surface area contributed by atoms with Gasteiger partial charge in [0.1, 0.15) is 0 Å².